The average Bonchev–Trinajstić information content (AvgIpc) is 3.16. The summed E-state index contributed by atoms with van der Waals surface area (Å²) in [6.45, 7) is 0.102. The molecule has 2 N–H and O–H groups in total. The van der Waals surface area contributed by atoms with Gasteiger partial charge in [0, 0.05) is 30.1 Å². The molecule has 1 fully saturated rings. The molecule has 5 nitrogen and oxygen atoms in total. The van der Waals surface area contributed by atoms with Crippen LogP contribution in [0.25, 0.3) is 10.9 Å². The Kier molecular flexibility index (Phi) is 5.55. The maximum absolute atomic E-state index is 12.9. The van der Waals surface area contributed by atoms with Gasteiger partial charge in [0.05, 0.1) is 5.52 Å². The SMILES string of the molecule is O=C(NC1CCCC1CO)c1cc(Cc2ccc(Cl)nc2)c2ccccc2n1. The molecule has 1 aliphatic carbocycles. The number of para-hydroxylation sites is 1. The summed E-state index contributed by atoms with van der Waals surface area (Å²) < 4.78 is 0. The third-order valence-corrected chi connectivity index (χ3v) is 5.65. The Hall–Kier alpha value is -2.50. The van der Waals surface area contributed by atoms with Crippen LogP contribution in [0.2, 0.25) is 5.15 Å². The first-order valence-electron chi connectivity index (χ1n) is 9.55. The Bertz CT molecular complexity index is 991. The summed E-state index contributed by atoms with van der Waals surface area (Å²) in [5, 5.41) is 14.0. The number of nitrogens with zero attached hydrogens (tertiary/aromatic N) is 2. The molecule has 2 aromatic heterocycles. The lowest BCUT2D eigenvalue weighted by Gasteiger charge is -2.19. The highest BCUT2D eigenvalue weighted by Gasteiger charge is 2.28. The van der Waals surface area contributed by atoms with Gasteiger partial charge in [0.15, 0.2) is 0 Å². The Morgan fingerprint density at radius 3 is 2.86 bits per heavy atom. The van der Waals surface area contributed by atoms with Crippen LogP contribution in [-0.2, 0) is 6.42 Å². The molecule has 2 unspecified atom stereocenters. The minimum Gasteiger partial charge on any atom is -0.396 e. The number of amides is 1. The first-order chi connectivity index (χ1) is 13.6. The van der Waals surface area contributed by atoms with Gasteiger partial charge in [-0.25, -0.2) is 9.97 Å². The number of rotatable bonds is 5. The Labute approximate surface area is 168 Å². The zero-order valence-electron chi connectivity index (χ0n) is 15.4. The highest BCUT2D eigenvalue weighted by molar-refractivity contribution is 6.29. The van der Waals surface area contributed by atoms with Gasteiger partial charge in [0.25, 0.3) is 5.91 Å². The van der Waals surface area contributed by atoms with Crippen LogP contribution in [0, 0.1) is 5.92 Å². The Morgan fingerprint density at radius 1 is 1.21 bits per heavy atom. The molecular weight excluding hydrogens is 374 g/mol. The minimum atomic E-state index is -0.188. The van der Waals surface area contributed by atoms with Crippen LogP contribution in [0.4, 0.5) is 0 Å². The van der Waals surface area contributed by atoms with Gasteiger partial charge in [-0.15, -0.1) is 0 Å². The summed E-state index contributed by atoms with van der Waals surface area (Å²) in [6, 6.07) is 13.4. The molecule has 0 bridgehead atoms. The second-order valence-electron chi connectivity index (χ2n) is 7.30. The number of benzene rings is 1. The molecule has 1 saturated carbocycles. The summed E-state index contributed by atoms with van der Waals surface area (Å²) in [5.74, 6) is -0.0596. The molecule has 144 valence electrons. The van der Waals surface area contributed by atoms with Crippen molar-refractivity contribution in [1.29, 1.82) is 0 Å². The van der Waals surface area contributed by atoms with Gasteiger partial charge < -0.3 is 10.4 Å². The predicted molar refractivity (Wildman–Crippen MR) is 109 cm³/mol. The Morgan fingerprint density at radius 2 is 2.07 bits per heavy atom. The molecule has 4 rings (SSSR count). The maximum Gasteiger partial charge on any atom is 0.270 e. The third-order valence-electron chi connectivity index (χ3n) is 5.43. The summed E-state index contributed by atoms with van der Waals surface area (Å²) in [4.78, 5) is 21.6. The van der Waals surface area contributed by atoms with Crippen LogP contribution >= 0.6 is 11.6 Å². The Balaban J connectivity index is 1.65. The van der Waals surface area contributed by atoms with Crippen molar-refractivity contribution in [1.82, 2.24) is 15.3 Å². The zero-order chi connectivity index (χ0) is 19.5. The monoisotopic (exact) mass is 395 g/mol. The molecule has 2 heterocycles. The lowest BCUT2D eigenvalue weighted by atomic mass is 10.0. The van der Waals surface area contributed by atoms with Gasteiger partial charge in [-0.05, 0) is 48.6 Å². The fourth-order valence-electron chi connectivity index (χ4n) is 3.93. The standard InChI is InChI=1S/C22H22ClN3O2/c23-21-9-8-14(12-24-21)10-16-11-20(25-19-6-2-1-5-17(16)19)22(28)26-18-7-3-4-15(18)13-27/h1-2,5-6,8-9,11-12,15,18,27H,3-4,7,10,13H2,(H,26,28). The van der Waals surface area contributed by atoms with Crippen LogP contribution in [-0.4, -0.2) is 33.6 Å². The first-order valence-corrected chi connectivity index (χ1v) is 9.92. The molecule has 0 saturated heterocycles. The van der Waals surface area contributed by atoms with Crippen LogP contribution in [0.15, 0.2) is 48.7 Å². The lowest BCUT2D eigenvalue weighted by Crippen LogP contribution is -2.38. The minimum absolute atomic E-state index is 0.00897. The van der Waals surface area contributed by atoms with Crippen LogP contribution in [0.5, 0.6) is 0 Å². The van der Waals surface area contributed by atoms with Crippen molar-refractivity contribution < 1.29 is 9.90 Å². The topological polar surface area (TPSA) is 75.1 Å². The second-order valence-corrected chi connectivity index (χ2v) is 7.69. The van der Waals surface area contributed by atoms with E-state index in [9.17, 15) is 9.90 Å². The number of aliphatic hydroxyl groups is 1. The van der Waals surface area contributed by atoms with E-state index >= 15 is 0 Å². The van der Waals surface area contributed by atoms with Crippen LogP contribution < -0.4 is 5.32 Å². The number of nitrogens with one attached hydrogen (secondary N) is 1. The summed E-state index contributed by atoms with van der Waals surface area (Å²) in [6.07, 6.45) is 5.25. The van der Waals surface area contributed by atoms with Gasteiger partial charge in [-0.1, -0.05) is 42.3 Å². The summed E-state index contributed by atoms with van der Waals surface area (Å²) in [7, 11) is 0. The third kappa shape index (κ3) is 4.01. The van der Waals surface area contributed by atoms with Crippen molar-refractivity contribution in [2.24, 2.45) is 5.92 Å². The highest BCUT2D eigenvalue weighted by Crippen LogP contribution is 2.26. The van der Waals surface area contributed by atoms with Gasteiger partial charge >= 0.3 is 0 Å². The fourth-order valence-corrected chi connectivity index (χ4v) is 4.04. The number of pyridine rings is 2. The molecule has 1 aromatic carbocycles. The van der Waals surface area contributed by atoms with E-state index in [1.165, 1.54) is 0 Å². The van der Waals surface area contributed by atoms with E-state index in [-0.39, 0.29) is 24.5 Å². The van der Waals surface area contributed by atoms with Gasteiger partial charge in [0.1, 0.15) is 10.8 Å². The number of aliphatic hydroxyl groups excluding tert-OH is 1. The van der Waals surface area contributed by atoms with Gasteiger partial charge in [-0.3, -0.25) is 4.79 Å². The molecule has 0 radical (unpaired) electrons. The highest BCUT2D eigenvalue weighted by atomic mass is 35.5. The van der Waals surface area contributed by atoms with E-state index in [1.54, 1.807) is 12.3 Å². The first kappa shape index (κ1) is 18.8. The molecule has 28 heavy (non-hydrogen) atoms. The van der Waals surface area contributed by atoms with Crippen molar-refractivity contribution in [3.05, 3.63) is 70.6 Å². The van der Waals surface area contributed by atoms with Crippen molar-refractivity contribution in [2.75, 3.05) is 6.61 Å². The van der Waals surface area contributed by atoms with Crippen molar-refractivity contribution in [2.45, 2.75) is 31.7 Å². The fraction of sp³-hybridized carbons (Fsp3) is 0.318. The maximum atomic E-state index is 12.9. The number of carbonyl (C=O) groups is 1. The predicted octanol–water partition coefficient (Wildman–Crippen LogP) is 3.76. The van der Waals surface area contributed by atoms with Crippen molar-refractivity contribution in [3.63, 3.8) is 0 Å². The van der Waals surface area contributed by atoms with E-state index in [0.29, 0.717) is 17.3 Å². The number of carbonyl (C=O) groups excluding carboxylic acids is 1. The molecule has 0 aliphatic heterocycles. The number of hydrogen-bond donors (Lipinski definition) is 2. The average molecular weight is 396 g/mol. The van der Waals surface area contributed by atoms with Crippen LogP contribution in [0.3, 0.4) is 0 Å². The molecule has 3 aromatic rings. The molecule has 6 heteroatoms. The molecule has 0 spiro atoms. The van der Waals surface area contributed by atoms with E-state index in [4.69, 9.17) is 11.6 Å². The van der Waals surface area contributed by atoms with E-state index < -0.39 is 0 Å². The van der Waals surface area contributed by atoms with Gasteiger partial charge in [0.2, 0.25) is 0 Å². The molecule has 1 aliphatic rings. The number of halogens is 1. The van der Waals surface area contributed by atoms with E-state index in [0.717, 1.165) is 41.3 Å². The smallest absolute Gasteiger partial charge is 0.270 e. The number of fused-ring (bicyclic) bond motifs is 1. The number of hydrogen-bond acceptors (Lipinski definition) is 4. The largest absolute Gasteiger partial charge is 0.396 e. The van der Waals surface area contributed by atoms with Crippen molar-refractivity contribution in [3.8, 4) is 0 Å². The van der Waals surface area contributed by atoms with E-state index in [2.05, 4.69) is 15.3 Å². The zero-order valence-corrected chi connectivity index (χ0v) is 16.2. The quantitative estimate of drug-likeness (QED) is 0.645. The summed E-state index contributed by atoms with van der Waals surface area (Å²) >= 11 is 5.89. The molecular formula is C22H22ClN3O2. The van der Waals surface area contributed by atoms with Crippen LogP contribution in [0.1, 0.15) is 40.9 Å². The molecule has 2 atom stereocenters. The number of aromatic nitrogens is 2. The van der Waals surface area contributed by atoms with Crippen molar-refractivity contribution >= 4 is 28.4 Å². The molecule has 1 amide bonds. The summed E-state index contributed by atoms with van der Waals surface area (Å²) in [5.41, 5.74) is 3.23. The van der Waals surface area contributed by atoms with Gasteiger partial charge in [-0.2, -0.15) is 0 Å². The van der Waals surface area contributed by atoms with E-state index in [1.807, 2.05) is 36.4 Å². The second kappa shape index (κ2) is 8.25. The normalized spacial score (nSPS) is 19.1. The lowest BCUT2D eigenvalue weighted by molar-refractivity contribution is 0.0911.